The summed E-state index contributed by atoms with van der Waals surface area (Å²) in [6.07, 6.45) is 5.50. The minimum Gasteiger partial charge on any atom is -0.0795 e. The van der Waals surface area contributed by atoms with Crippen molar-refractivity contribution in [2.45, 2.75) is 103 Å². The number of hydrogen-bond donors (Lipinski definition) is 0. The average molecular weight is 327 g/mol. The van der Waals surface area contributed by atoms with Gasteiger partial charge in [-0.25, -0.2) is 0 Å². The molecule has 0 nitrogen and oxygen atoms in total. The highest BCUT2D eigenvalue weighted by molar-refractivity contribution is 5.59. The Labute approximate surface area is 151 Å². The van der Waals surface area contributed by atoms with Crippen molar-refractivity contribution < 1.29 is 0 Å². The van der Waals surface area contributed by atoms with Crippen LogP contribution in [0.1, 0.15) is 108 Å². The lowest BCUT2D eigenvalue weighted by atomic mass is 10.1. The molecule has 0 fully saturated rings. The molecule has 0 aromatic heterocycles. The molecule has 142 valence electrons. The Bertz CT molecular complexity index is 246. The van der Waals surface area contributed by atoms with E-state index in [0.29, 0.717) is 0 Å². The van der Waals surface area contributed by atoms with Crippen molar-refractivity contribution in [2.24, 2.45) is 0 Å². The smallest absolute Gasteiger partial charge is 0.00882 e. The second kappa shape index (κ2) is 58.4. The summed E-state index contributed by atoms with van der Waals surface area (Å²) in [4.78, 5) is 0. The van der Waals surface area contributed by atoms with E-state index in [4.69, 9.17) is 0 Å². The third-order valence-corrected chi connectivity index (χ3v) is 1.69. The molecular formula is C23H50. The van der Waals surface area contributed by atoms with Gasteiger partial charge in [0.2, 0.25) is 0 Å². The minimum absolute atomic E-state index is 1.12. The fourth-order valence-corrected chi connectivity index (χ4v) is 1.20. The zero-order valence-corrected chi connectivity index (χ0v) is 19.2. The van der Waals surface area contributed by atoms with Crippen LogP contribution in [0.4, 0.5) is 0 Å². The molecule has 2 rings (SSSR count). The largest absolute Gasteiger partial charge is 0.0795 e. The van der Waals surface area contributed by atoms with Crippen LogP contribution in [0.3, 0.4) is 0 Å². The molecule has 0 aliphatic heterocycles. The Kier molecular flexibility index (Phi) is 96.1. The topological polar surface area (TPSA) is 0 Å². The summed E-state index contributed by atoms with van der Waals surface area (Å²) in [5.74, 6) is 0. The van der Waals surface area contributed by atoms with Crippen molar-refractivity contribution in [1.29, 1.82) is 0 Å². The molecule has 23 heavy (non-hydrogen) atoms. The van der Waals surface area contributed by atoms with E-state index >= 15 is 0 Å². The van der Waals surface area contributed by atoms with Gasteiger partial charge in [0.25, 0.3) is 0 Å². The minimum atomic E-state index is 1.12. The second-order valence-electron chi connectivity index (χ2n) is 2.31. The zero-order valence-electron chi connectivity index (χ0n) is 19.2. The number of rotatable bonds is 0. The van der Waals surface area contributed by atoms with E-state index in [1.54, 1.807) is 0 Å². The molecule has 1 aliphatic carbocycles. The van der Waals surface area contributed by atoms with Crippen LogP contribution >= 0.6 is 0 Å². The molecule has 0 N–H and O–H groups in total. The van der Waals surface area contributed by atoms with E-state index in [2.05, 4.69) is 36.4 Å². The number of allylic oxidation sites excluding steroid dienone is 1. The quantitative estimate of drug-likeness (QED) is 0.445. The highest BCUT2D eigenvalue weighted by Gasteiger charge is 2.00. The molecule has 1 aliphatic rings. The van der Waals surface area contributed by atoms with Gasteiger partial charge in [-0.1, -0.05) is 133 Å². The molecule has 0 amide bonds. The molecule has 0 atom stereocenters. The molecule has 0 heteroatoms. The van der Waals surface area contributed by atoms with E-state index < -0.39 is 0 Å². The maximum Gasteiger partial charge on any atom is -0.00882 e. The first-order valence-corrected chi connectivity index (χ1v) is 10.2. The maximum absolute atomic E-state index is 2.20. The van der Waals surface area contributed by atoms with Gasteiger partial charge in [-0.2, -0.15) is 0 Å². The van der Waals surface area contributed by atoms with E-state index in [1.807, 2.05) is 96.9 Å². The molecule has 0 radical (unpaired) electrons. The molecule has 0 heterocycles. The molecule has 0 spiro atoms. The van der Waals surface area contributed by atoms with Crippen LogP contribution in [0.15, 0.2) is 30.3 Å². The number of fused-ring (bicyclic) bond motifs is 1. The highest BCUT2D eigenvalue weighted by atomic mass is 14.0. The molecule has 0 saturated carbocycles. The maximum atomic E-state index is 2.20. The van der Waals surface area contributed by atoms with E-state index in [1.165, 1.54) is 11.1 Å². The predicted octanol–water partition coefficient (Wildman–Crippen LogP) is 9.44. The van der Waals surface area contributed by atoms with Crippen LogP contribution in [0, 0.1) is 0 Å². The first-order chi connectivity index (χ1) is 11.5. The van der Waals surface area contributed by atoms with Crippen LogP contribution in [-0.2, 0) is 6.42 Å². The highest BCUT2D eigenvalue weighted by Crippen LogP contribution is 2.17. The third kappa shape index (κ3) is 29.6. The van der Waals surface area contributed by atoms with Gasteiger partial charge in [0.05, 0.1) is 0 Å². The van der Waals surface area contributed by atoms with Crippen molar-refractivity contribution >= 4 is 6.08 Å². The van der Waals surface area contributed by atoms with Gasteiger partial charge in [0.1, 0.15) is 0 Å². The van der Waals surface area contributed by atoms with Crippen LogP contribution in [0.25, 0.3) is 6.08 Å². The van der Waals surface area contributed by atoms with E-state index in [-0.39, 0.29) is 0 Å². The summed E-state index contributed by atoms with van der Waals surface area (Å²) in [6, 6.07) is 8.49. The average Bonchev–Trinajstić information content (AvgIpc) is 3.21. The molecule has 0 saturated heterocycles. The summed E-state index contributed by atoms with van der Waals surface area (Å²) in [6.45, 7) is 28.0. The Morgan fingerprint density at radius 3 is 1.22 bits per heavy atom. The lowest BCUT2D eigenvalue weighted by Crippen LogP contribution is -1.76. The van der Waals surface area contributed by atoms with Crippen LogP contribution in [-0.4, -0.2) is 0 Å². The summed E-state index contributed by atoms with van der Waals surface area (Å²) >= 11 is 0. The lowest BCUT2D eigenvalue weighted by molar-refractivity contribution is 1.31. The Balaban J connectivity index is -0.0000000445. The number of benzene rings is 1. The fourth-order valence-electron chi connectivity index (χ4n) is 1.20. The van der Waals surface area contributed by atoms with Crippen LogP contribution in [0.5, 0.6) is 0 Å². The summed E-state index contributed by atoms with van der Waals surface area (Å²) in [5.41, 5.74) is 2.84. The molecular weight excluding hydrogens is 276 g/mol. The molecule has 0 bridgehead atoms. The van der Waals surface area contributed by atoms with E-state index in [9.17, 15) is 0 Å². The lowest BCUT2D eigenvalue weighted by Gasteiger charge is -1.93. The van der Waals surface area contributed by atoms with Gasteiger partial charge in [-0.3, -0.25) is 0 Å². The molecule has 1 aromatic rings. The first-order valence-electron chi connectivity index (χ1n) is 10.2. The fraction of sp³-hybridized carbons (Fsp3) is 0.652. The Morgan fingerprint density at radius 2 is 0.870 bits per heavy atom. The Hall–Kier alpha value is -1.04. The summed E-state index contributed by atoms with van der Waals surface area (Å²) in [7, 11) is 0. The standard InChI is InChI=1S/C9H8.7C2H6/c1-2-5-9-7-3-6-8(9)4-1;7*1-2/h1-6H,7H2;7*1-2H3. The number of hydrogen-bond acceptors (Lipinski definition) is 0. The van der Waals surface area contributed by atoms with Gasteiger partial charge in [-0.05, 0) is 17.5 Å². The predicted molar refractivity (Wildman–Crippen MR) is 119 cm³/mol. The van der Waals surface area contributed by atoms with Crippen molar-refractivity contribution in [3.63, 3.8) is 0 Å². The summed E-state index contributed by atoms with van der Waals surface area (Å²) < 4.78 is 0. The third-order valence-electron chi connectivity index (χ3n) is 1.69. The van der Waals surface area contributed by atoms with Crippen molar-refractivity contribution in [2.75, 3.05) is 0 Å². The van der Waals surface area contributed by atoms with Gasteiger partial charge in [-0.15, -0.1) is 0 Å². The van der Waals surface area contributed by atoms with Gasteiger partial charge in [0.15, 0.2) is 0 Å². The Morgan fingerprint density at radius 1 is 0.522 bits per heavy atom. The van der Waals surface area contributed by atoms with Gasteiger partial charge in [0, 0.05) is 0 Å². The van der Waals surface area contributed by atoms with E-state index in [0.717, 1.165) is 6.42 Å². The van der Waals surface area contributed by atoms with Gasteiger partial charge < -0.3 is 0 Å². The van der Waals surface area contributed by atoms with Crippen LogP contribution in [0.2, 0.25) is 0 Å². The van der Waals surface area contributed by atoms with Crippen LogP contribution < -0.4 is 0 Å². The normalized spacial score (nSPS) is 7.22. The van der Waals surface area contributed by atoms with Crippen molar-refractivity contribution in [3.05, 3.63) is 41.5 Å². The van der Waals surface area contributed by atoms with Gasteiger partial charge >= 0.3 is 0 Å². The SMILES string of the molecule is C1=Cc2ccccc2C1.CC.CC.CC.CC.CC.CC.CC. The molecule has 1 aromatic carbocycles. The van der Waals surface area contributed by atoms with Crippen molar-refractivity contribution in [1.82, 2.24) is 0 Å². The zero-order chi connectivity index (χ0) is 20.1. The van der Waals surface area contributed by atoms with Crippen molar-refractivity contribution in [3.8, 4) is 0 Å². The summed E-state index contributed by atoms with van der Waals surface area (Å²) in [5, 5.41) is 0. The first kappa shape index (κ1) is 37.9. The second-order valence-corrected chi connectivity index (χ2v) is 2.31. The monoisotopic (exact) mass is 326 g/mol. The molecule has 0 unspecified atom stereocenters.